The fourth-order valence-corrected chi connectivity index (χ4v) is 3.67. The Morgan fingerprint density at radius 3 is 2.83 bits per heavy atom. The van der Waals surface area contributed by atoms with Gasteiger partial charge in [-0.05, 0) is 30.7 Å². The van der Waals surface area contributed by atoms with Crippen LogP contribution in [0, 0.1) is 0 Å². The molecule has 0 radical (unpaired) electrons. The van der Waals surface area contributed by atoms with Crippen molar-refractivity contribution in [1.82, 2.24) is 19.8 Å². The summed E-state index contributed by atoms with van der Waals surface area (Å²) in [6, 6.07) is 8.36. The number of hydrogen-bond donors (Lipinski definition) is 1. The number of imidazole rings is 1. The van der Waals surface area contributed by atoms with Gasteiger partial charge in [-0.15, -0.1) is 0 Å². The van der Waals surface area contributed by atoms with Crippen molar-refractivity contribution in [3.05, 3.63) is 47.3 Å². The molecule has 128 valence electrons. The summed E-state index contributed by atoms with van der Waals surface area (Å²) in [7, 11) is 1.98. The lowest BCUT2D eigenvalue weighted by Crippen LogP contribution is -2.46. The number of nitrogens with zero attached hydrogens (tertiary/aromatic N) is 3. The maximum Gasteiger partial charge on any atom is 0.237 e. The van der Waals surface area contributed by atoms with E-state index in [-0.39, 0.29) is 11.9 Å². The number of hydrogen-bond acceptors (Lipinski definition) is 4. The summed E-state index contributed by atoms with van der Waals surface area (Å²) in [5, 5.41) is 4.01. The number of amides is 1. The van der Waals surface area contributed by atoms with Crippen LogP contribution in [0.4, 0.5) is 0 Å². The van der Waals surface area contributed by atoms with Crippen molar-refractivity contribution < 1.29 is 4.79 Å². The van der Waals surface area contributed by atoms with Crippen LogP contribution < -0.4 is 5.32 Å². The highest BCUT2D eigenvalue weighted by molar-refractivity contribution is 7.98. The van der Waals surface area contributed by atoms with Crippen molar-refractivity contribution >= 4 is 17.7 Å². The quantitative estimate of drug-likeness (QED) is 0.845. The molecule has 0 saturated heterocycles. The Morgan fingerprint density at radius 2 is 2.12 bits per heavy atom. The summed E-state index contributed by atoms with van der Waals surface area (Å²) in [6.07, 6.45) is 4.83. The average Bonchev–Trinajstić information content (AvgIpc) is 2.98. The molecule has 1 aliphatic rings. The van der Waals surface area contributed by atoms with Gasteiger partial charge < -0.3 is 9.88 Å². The molecule has 1 aliphatic heterocycles. The lowest BCUT2D eigenvalue weighted by molar-refractivity contribution is -0.126. The Labute approximate surface area is 147 Å². The summed E-state index contributed by atoms with van der Waals surface area (Å²) < 4.78 is 2.02. The largest absolute Gasteiger partial charge is 0.349 e. The van der Waals surface area contributed by atoms with Crippen molar-refractivity contribution in [1.29, 1.82) is 0 Å². The Kier molecular flexibility index (Phi) is 5.26. The van der Waals surface area contributed by atoms with E-state index in [1.165, 1.54) is 11.1 Å². The second-order valence-electron chi connectivity index (χ2n) is 6.18. The van der Waals surface area contributed by atoms with Gasteiger partial charge in [0.25, 0.3) is 0 Å². The number of fused-ring (bicyclic) bond motifs is 1. The maximum absolute atomic E-state index is 12.5. The molecule has 6 heteroatoms. The molecular weight excluding hydrogens is 320 g/mol. The minimum absolute atomic E-state index is 0.0706. The number of benzene rings is 1. The van der Waals surface area contributed by atoms with Crippen molar-refractivity contribution in [3.8, 4) is 0 Å². The van der Waals surface area contributed by atoms with Gasteiger partial charge in [0, 0.05) is 20.1 Å². The van der Waals surface area contributed by atoms with E-state index in [4.69, 9.17) is 0 Å². The fraction of sp³-hybridized carbons (Fsp3) is 0.444. The minimum Gasteiger partial charge on any atom is -0.349 e. The summed E-state index contributed by atoms with van der Waals surface area (Å²) in [5.41, 5.74) is 3.75. The number of carbonyl (C=O) groups excluding carboxylic acids is 1. The van der Waals surface area contributed by atoms with E-state index in [1.807, 2.05) is 31.0 Å². The predicted octanol–water partition coefficient (Wildman–Crippen LogP) is 2.21. The van der Waals surface area contributed by atoms with Crippen LogP contribution in [-0.2, 0) is 31.4 Å². The molecule has 0 saturated carbocycles. The van der Waals surface area contributed by atoms with Gasteiger partial charge >= 0.3 is 0 Å². The molecule has 1 atom stereocenters. The molecule has 3 rings (SSSR count). The lowest BCUT2D eigenvalue weighted by Gasteiger charge is -2.32. The van der Waals surface area contributed by atoms with Gasteiger partial charge in [0.15, 0.2) is 5.16 Å². The first-order chi connectivity index (χ1) is 11.6. The van der Waals surface area contributed by atoms with Crippen LogP contribution in [0.15, 0.2) is 35.6 Å². The van der Waals surface area contributed by atoms with Crippen molar-refractivity contribution in [2.45, 2.75) is 37.6 Å². The number of aromatic nitrogens is 2. The van der Waals surface area contributed by atoms with Gasteiger partial charge in [0.05, 0.1) is 24.5 Å². The van der Waals surface area contributed by atoms with E-state index in [0.29, 0.717) is 6.54 Å². The number of thioether (sulfide) groups is 1. The second kappa shape index (κ2) is 7.40. The standard InChI is InChI=1S/C18H24N4OS/c1-13(22-9-8-14-6-4-5-7-15(14)12-22)17(23)19-10-16-11-20-18(24-3)21(16)2/h4-7,11,13H,8-10,12H2,1-3H3,(H,19,23)/t13-/m1/s1. The van der Waals surface area contributed by atoms with E-state index in [2.05, 4.69) is 39.5 Å². The van der Waals surface area contributed by atoms with E-state index in [1.54, 1.807) is 11.8 Å². The van der Waals surface area contributed by atoms with E-state index >= 15 is 0 Å². The average molecular weight is 344 g/mol. The van der Waals surface area contributed by atoms with Gasteiger partial charge in [0.2, 0.25) is 5.91 Å². The molecule has 1 N–H and O–H groups in total. The van der Waals surface area contributed by atoms with Gasteiger partial charge in [-0.1, -0.05) is 36.0 Å². The fourth-order valence-electron chi connectivity index (χ4n) is 3.12. The molecule has 2 aromatic rings. The van der Waals surface area contributed by atoms with Gasteiger partial charge in [0.1, 0.15) is 0 Å². The van der Waals surface area contributed by atoms with Crippen LogP contribution in [0.3, 0.4) is 0 Å². The zero-order valence-electron chi connectivity index (χ0n) is 14.5. The zero-order chi connectivity index (χ0) is 17.1. The molecule has 0 fully saturated rings. The smallest absolute Gasteiger partial charge is 0.237 e. The number of nitrogens with one attached hydrogen (secondary N) is 1. The monoisotopic (exact) mass is 344 g/mol. The molecular formula is C18H24N4OS. The number of carbonyl (C=O) groups is 1. The molecule has 0 spiro atoms. The Morgan fingerprint density at radius 1 is 1.38 bits per heavy atom. The van der Waals surface area contributed by atoms with Crippen LogP contribution in [0.1, 0.15) is 23.7 Å². The molecule has 1 aromatic heterocycles. The molecule has 24 heavy (non-hydrogen) atoms. The van der Waals surface area contributed by atoms with Crippen molar-refractivity contribution in [2.24, 2.45) is 7.05 Å². The minimum atomic E-state index is -0.133. The highest BCUT2D eigenvalue weighted by atomic mass is 32.2. The van der Waals surface area contributed by atoms with Crippen LogP contribution in [0.5, 0.6) is 0 Å². The highest BCUT2D eigenvalue weighted by Crippen LogP contribution is 2.20. The lowest BCUT2D eigenvalue weighted by atomic mass is 9.99. The maximum atomic E-state index is 12.5. The third kappa shape index (κ3) is 3.49. The molecule has 0 bridgehead atoms. The molecule has 2 heterocycles. The summed E-state index contributed by atoms with van der Waals surface area (Å²) >= 11 is 1.60. The molecule has 1 amide bonds. The Bertz CT molecular complexity index is 728. The van der Waals surface area contributed by atoms with Crippen LogP contribution in [0.2, 0.25) is 0 Å². The predicted molar refractivity (Wildman–Crippen MR) is 96.9 cm³/mol. The van der Waals surface area contributed by atoms with E-state index < -0.39 is 0 Å². The SMILES string of the molecule is CSc1ncc(CNC(=O)[C@@H](C)N2CCc3ccccc3C2)n1C. The second-order valence-corrected chi connectivity index (χ2v) is 6.95. The summed E-state index contributed by atoms with van der Waals surface area (Å²) in [4.78, 5) is 19.1. The topological polar surface area (TPSA) is 50.2 Å². The van der Waals surface area contributed by atoms with Crippen LogP contribution in [0.25, 0.3) is 0 Å². The normalized spacial score (nSPS) is 15.8. The zero-order valence-corrected chi connectivity index (χ0v) is 15.3. The third-order valence-electron chi connectivity index (χ3n) is 4.76. The molecule has 0 aliphatic carbocycles. The number of rotatable bonds is 5. The first-order valence-electron chi connectivity index (χ1n) is 8.23. The van der Waals surface area contributed by atoms with Gasteiger partial charge in [-0.25, -0.2) is 4.98 Å². The Hall–Kier alpha value is -1.79. The van der Waals surface area contributed by atoms with Crippen molar-refractivity contribution in [3.63, 3.8) is 0 Å². The first-order valence-corrected chi connectivity index (χ1v) is 9.45. The molecule has 0 unspecified atom stereocenters. The van der Waals surface area contributed by atoms with Crippen molar-refractivity contribution in [2.75, 3.05) is 12.8 Å². The van der Waals surface area contributed by atoms with Gasteiger partial charge in [-0.3, -0.25) is 9.69 Å². The molecule has 1 aromatic carbocycles. The van der Waals surface area contributed by atoms with E-state index in [0.717, 1.165) is 30.4 Å². The van der Waals surface area contributed by atoms with Gasteiger partial charge in [-0.2, -0.15) is 0 Å². The third-order valence-corrected chi connectivity index (χ3v) is 5.50. The first kappa shape index (κ1) is 17.0. The van der Waals surface area contributed by atoms with Crippen LogP contribution in [-0.4, -0.2) is 39.2 Å². The van der Waals surface area contributed by atoms with E-state index in [9.17, 15) is 4.79 Å². The van der Waals surface area contributed by atoms with Crippen LogP contribution >= 0.6 is 11.8 Å². The highest BCUT2D eigenvalue weighted by Gasteiger charge is 2.25. The summed E-state index contributed by atoms with van der Waals surface area (Å²) in [5.74, 6) is 0.0706. The Balaban J connectivity index is 1.58. The summed E-state index contributed by atoms with van der Waals surface area (Å²) in [6.45, 7) is 4.26. The molecule has 5 nitrogen and oxygen atoms in total.